The molecule has 0 aromatic heterocycles. The van der Waals surface area contributed by atoms with Crippen molar-refractivity contribution in [3.63, 3.8) is 0 Å². The lowest BCUT2D eigenvalue weighted by atomic mass is 10.0. The summed E-state index contributed by atoms with van der Waals surface area (Å²) in [5.41, 5.74) is 1.14. The fourth-order valence-electron chi connectivity index (χ4n) is 2.25. The molecule has 120 valence electrons. The minimum Gasteiger partial charge on any atom is -0.372 e. The molecular weight excluding hydrogens is 282 g/mol. The van der Waals surface area contributed by atoms with Gasteiger partial charge in [0, 0.05) is 22.7 Å². The minimum atomic E-state index is -0.00256. The van der Waals surface area contributed by atoms with Crippen molar-refractivity contribution in [1.29, 1.82) is 0 Å². The van der Waals surface area contributed by atoms with Crippen LogP contribution in [0.3, 0.4) is 0 Å². The van der Waals surface area contributed by atoms with E-state index in [1.807, 2.05) is 18.2 Å². The van der Waals surface area contributed by atoms with E-state index in [4.69, 9.17) is 16.3 Å². The topological polar surface area (TPSA) is 21.3 Å². The minimum absolute atomic E-state index is 0.00256. The van der Waals surface area contributed by atoms with Crippen molar-refractivity contribution in [2.45, 2.75) is 59.1 Å². The Morgan fingerprint density at radius 2 is 1.90 bits per heavy atom. The molecule has 2 unspecified atom stereocenters. The van der Waals surface area contributed by atoms with Crippen LogP contribution in [0.1, 0.15) is 59.1 Å². The van der Waals surface area contributed by atoms with E-state index in [-0.39, 0.29) is 11.6 Å². The molecule has 0 aliphatic rings. The summed E-state index contributed by atoms with van der Waals surface area (Å²) in [6.07, 6.45) is 2.39. The lowest BCUT2D eigenvalue weighted by Crippen LogP contribution is -2.39. The van der Waals surface area contributed by atoms with Crippen LogP contribution in [0.5, 0.6) is 0 Å². The zero-order valence-electron chi connectivity index (χ0n) is 14.1. The van der Waals surface area contributed by atoms with E-state index < -0.39 is 0 Å². The molecule has 0 spiro atoms. The maximum absolute atomic E-state index is 6.34. The Hall–Kier alpha value is -0.570. The molecule has 21 heavy (non-hydrogen) atoms. The zero-order valence-corrected chi connectivity index (χ0v) is 14.8. The van der Waals surface area contributed by atoms with Crippen LogP contribution in [0.15, 0.2) is 24.3 Å². The van der Waals surface area contributed by atoms with Gasteiger partial charge in [0.1, 0.15) is 0 Å². The molecule has 1 N–H and O–H groups in total. The Bertz CT molecular complexity index is 414. The van der Waals surface area contributed by atoms with Crippen molar-refractivity contribution < 1.29 is 4.74 Å². The second-order valence-corrected chi connectivity index (χ2v) is 7.28. The first-order valence-corrected chi connectivity index (χ1v) is 8.32. The van der Waals surface area contributed by atoms with Gasteiger partial charge in [0.15, 0.2) is 0 Å². The molecule has 2 atom stereocenters. The summed E-state index contributed by atoms with van der Waals surface area (Å²) in [6, 6.07) is 7.96. The molecule has 0 bridgehead atoms. The lowest BCUT2D eigenvalue weighted by molar-refractivity contribution is 0.0265. The molecule has 1 aromatic rings. The molecule has 0 aliphatic carbocycles. The van der Waals surface area contributed by atoms with Gasteiger partial charge in [-0.2, -0.15) is 0 Å². The first-order chi connectivity index (χ1) is 9.83. The molecule has 0 saturated heterocycles. The van der Waals surface area contributed by atoms with Crippen molar-refractivity contribution in [2.24, 2.45) is 5.92 Å². The van der Waals surface area contributed by atoms with Crippen LogP contribution in [0.25, 0.3) is 0 Å². The smallest absolute Gasteiger partial charge is 0.0963 e. The third-order valence-corrected chi connectivity index (χ3v) is 3.78. The van der Waals surface area contributed by atoms with E-state index >= 15 is 0 Å². The predicted molar refractivity (Wildman–Crippen MR) is 92.0 cm³/mol. The molecule has 2 nitrogen and oxygen atoms in total. The van der Waals surface area contributed by atoms with Crippen molar-refractivity contribution in [1.82, 2.24) is 5.32 Å². The highest BCUT2D eigenvalue weighted by Crippen LogP contribution is 2.26. The van der Waals surface area contributed by atoms with E-state index in [1.165, 1.54) is 12.8 Å². The molecule has 0 aliphatic heterocycles. The van der Waals surface area contributed by atoms with Crippen LogP contribution in [0, 0.1) is 5.92 Å². The van der Waals surface area contributed by atoms with Gasteiger partial charge in [-0.15, -0.1) is 0 Å². The molecule has 1 aromatic carbocycles. The molecule has 1 rings (SSSR count). The number of benzene rings is 1. The van der Waals surface area contributed by atoms with Gasteiger partial charge in [0.2, 0.25) is 0 Å². The van der Waals surface area contributed by atoms with Gasteiger partial charge in [-0.1, -0.05) is 50.1 Å². The first-order valence-electron chi connectivity index (χ1n) is 7.94. The van der Waals surface area contributed by atoms with Crippen molar-refractivity contribution in [2.75, 3.05) is 13.2 Å². The van der Waals surface area contributed by atoms with Crippen molar-refractivity contribution >= 4 is 11.6 Å². The van der Waals surface area contributed by atoms with E-state index in [9.17, 15) is 0 Å². The predicted octanol–water partition coefficient (Wildman–Crippen LogP) is 5.22. The number of ether oxygens (including phenoxy) is 1. The Labute approximate surface area is 135 Å². The summed E-state index contributed by atoms with van der Waals surface area (Å²) in [4.78, 5) is 0. The second kappa shape index (κ2) is 8.77. The quantitative estimate of drug-likeness (QED) is 0.710. The number of halogens is 1. The van der Waals surface area contributed by atoms with Crippen LogP contribution in [-0.2, 0) is 4.74 Å². The van der Waals surface area contributed by atoms with Gasteiger partial charge >= 0.3 is 0 Å². The molecule has 0 heterocycles. The summed E-state index contributed by atoms with van der Waals surface area (Å²) in [5, 5.41) is 4.30. The first kappa shape index (κ1) is 18.5. The number of rotatable bonds is 8. The second-order valence-electron chi connectivity index (χ2n) is 6.87. The SMILES string of the molecule is CCCC(C)COC(CNC(C)(C)C)c1ccccc1Cl. The molecule has 3 heteroatoms. The monoisotopic (exact) mass is 311 g/mol. The number of hydrogen-bond acceptors (Lipinski definition) is 2. The van der Waals surface area contributed by atoms with E-state index in [0.29, 0.717) is 5.92 Å². The average Bonchev–Trinajstić information content (AvgIpc) is 2.39. The largest absolute Gasteiger partial charge is 0.372 e. The standard InChI is InChI=1S/C18H30ClNO/c1-6-9-14(2)13-21-17(12-20-18(3,4)5)15-10-7-8-11-16(15)19/h7-8,10-11,14,17,20H,6,9,12-13H2,1-5H3. The zero-order chi connectivity index (χ0) is 15.9. The maximum Gasteiger partial charge on any atom is 0.0963 e. The fourth-order valence-corrected chi connectivity index (χ4v) is 2.51. The van der Waals surface area contributed by atoms with Crippen LogP contribution in [0.2, 0.25) is 5.02 Å². The molecule has 0 amide bonds. The Balaban J connectivity index is 2.73. The van der Waals surface area contributed by atoms with Crippen molar-refractivity contribution in [3.05, 3.63) is 34.9 Å². The van der Waals surface area contributed by atoms with E-state index in [1.54, 1.807) is 0 Å². The van der Waals surface area contributed by atoms with Gasteiger partial charge in [-0.3, -0.25) is 0 Å². The van der Waals surface area contributed by atoms with Crippen LogP contribution < -0.4 is 5.32 Å². The molecule has 0 saturated carbocycles. The summed E-state index contributed by atoms with van der Waals surface area (Å²) >= 11 is 6.34. The van der Waals surface area contributed by atoms with Gasteiger partial charge in [-0.25, -0.2) is 0 Å². The van der Waals surface area contributed by atoms with Gasteiger partial charge in [-0.05, 0) is 39.2 Å². The summed E-state index contributed by atoms with van der Waals surface area (Å²) < 4.78 is 6.17. The summed E-state index contributed by atoms with van der Waals surface area (Å²) in [5.74, 6) is 0.578. The van der Waals surface area contributed by atoms with E-state index in [0.717, 1.165) is 23.7 Å². The lowest BCUT2D eigenvalue weighted by Gasteiger charge is -2.27. The average molecular weight is 312 g/mol. The highest BCUT2D eigenvalue weighted by molar-refractivity contribution is 6.31. The van der Waals surface area contributed by atoms with E-state index in [2.05, 4.69) is 46.0 Å². The van der Waals surface area contributed by atoms with Crippen LogP contribution in [0.4, 0.5) is 0 Å². The number of nitrogens with one attached hydrogen (secondary N) is 1. The van der Waals surface area contributed by atoms with Gasteiger partial charge in [0.05, 0.1) is 12.7 Å². The van der Waals surface area contributed by atoms with Crippen LogP contribution >= 0.6 is 11.6 Å². The maximum atomic E-state index is 6.34. The summed E-state index contributed by atoms with van der Waals surface area (Å²) in [7, 11) is 0. The molecule has 0 radical (unpaired) electrons. The summed E-state index contributed by atoms with van der Waals surface area (Å²) in [6.45, 7) is 12.5. The van der Waals surface area contributed by atoms with Gasteiger partial charge < -0.3 is 10.1 Å². The Morgan fingerprint density at radius 3 is 2.48 bits per heavy atom. The van der Waals surface area contributed by atoms with Crippen LogP contribution in [-0.4, -0.2) is 18.7 Å². The molecule has 0 fully saturated rings. The third-order valence-electron chi connectivity index (χ3n) is 3.43. The molecular formula is C18H30ClNO. The number of hydrogen-bond donors (Lipinski definition) is 1. The highest BCUT2D eigenvalue weighted by Gasteiger charge is 2.19. The third kappa shape index (κ3) is 7.30. The normalized spacial score (nSPS) is 15.0. The van der Waals surface area contributed by atoms with Gasteiger partial charge in [0.25, 0.3) is 0 Å². The highest BCUT2D eigenvalue weighted by atomic mass is 35.5. The fraction of sp³-hybridized carbons (Fsp3) is 0.667. The Kier molecular flexibility index (Phi) is 7.72. The Morgan fingerprint density at radius 1 is 1.24 bits per heavy atom. The van der Waals surface area contributed by atoms with Crippen molar-refractivity contribution in [3.8, 4) is 0 Å².